The number of hydrogen-bond donors (Lipinski definition) is 2. The Labute approximate surface area is 175 Å². The predicted molar refractivity (Wildman–Crippen MR) is 106 cm³/mol. The van der Waals surface area contributed by atoms with E-state index in [1.54, 1.807) is 17.8 Å². The van der Waals surface area contributed by atoms with E-state index in [-0.39, 0.29) is 33.8 Å². The number of nitrogens with one attached hydrogen (secondary N) is 1. The van der Waals surface area contributed by atoms with Crippen molar-refractivity contribution < 1.29 is 19.4 Å². The number of hydrogen-bond acceptors (Lipinski definition) is 6. The fourth-order valence-corrected chi connectivity index (χ4v) is 9.23. The van der Waals surface area contributed by atoms with Crippen LogP contribution in [0.5, 0.6) is 5.75 Å². The Morgan fingerprint density at radius 3 is 2.89 bits per heavy atom. The summed E-state index contributed by atoms with van der Waals surface area (Å²) in [5, 5.41) is 10.8. The number of rotatable bonds is 1. The third-order valence-electron chi connectivity index (χ3n) is 6.79. The van der Waals surface area contributed by atoms with Crippen LogP contribution in [0.4, 0.5) is 0 Å². The van der Waals surface area contributed by atoms with E-state index in [2.05, 4.69) is 20.9 Å². The van der Waals surface area contributed by atoms with Gasteiger partial charge in [-0.1, -0.05) is 27.3 Å². The Bertz CT molecular complexity index is 1110. The van der Waals surface area contributed by atoms with E-state index in [1.807, 2.05) is 12.1 Å². The number of benzene rings is 1. The lowest BCUT2D eigenvalue weighted by atomic mass is 9.66. The van der Waals surface area contributed by atoms with Crippen LogP contribution in [-0.4, -0.2) is 27.3 Å². The van der Waals surface area contributed by atoms with Gasteiger partial charge in [0.2, 0.25) is 0 Å². The maximum Gasteiger partial charge on any atom is 0.315 e. The van der Waals surface area contributed by atoms with Crippen molar-refractivity contribution in [1.29, 1.82) is 0 Å². The van der Waals surface area contributed by atoms with Crippen molar-refractivity contribution in [3.8, 4) is 5.75 Å². The van der Waals surface area contributed by atoms with Crippen molar-refractivity contribution in [1.82, 2.24) is 4.98 Å². The molecule has 0 unspecified atom stereocenters. The zero-order valence-electron chi connectivity index (χ0n) is 14.3. The molecular formula is C19H14BrNO5S2. The van der Waals surface area contributed by atoms with Gasteiger partial charge < -0.3 is 14.8 Å². The van der Waals surface area contributed by atoms with E-state index in [0.29, 0.717) is 5.75 Å². The minimum absolute atomic E-state index is 0.0430. The number of aromatic nitrogens is 1. The average molecular weight is 480 g/mol. The molecule has 6 nitrogen and oxygen atoms in total. The average Bonchev–Trinajstić information content (AvgIpc) is 3.30. The minimum atomic E-state index is -0.925. The number of ether oxygens (including phenoxy) is 1. The highest BCUT2D eigenvalue weighted by Gasteiger charge is 2.67. The van der Waals surface area contributed by atoms with Crippen LogP contribution >= 0.6 is 39.0 Å². The largest absolute Gasteiger partial charge is 0.481 e. The summed E-state index contributed by atoms with van der Waals surface area (Å²) in [5.74, 6) is -2.33. The van der Waals surface area contributed by atoms with Gasteiger partial charge in [0.05, 0.1) is 16.9 Å². The molecule has 0 saturated heterocycles. The van der Waals surface area contributed by atoms with E-state index in [0.717, 1.165) is 26.4 Å². The van der Waals surface area contributed by atoms with Crippen molar-refractivity contribution in [3.63, 3.8) is 0 Å². The second-order valence-corrected chi connectivity index (χ2v) is 11.0. The molecule has 28 heavy (non-hydrogen) atoms. The molecule has 144 valence electrons. The first-order valence-corrected chi connectivity index (χ1v) is 11.6. The van der Waals surface area contributed by atoms with Crippen molar-refractivity contribution >= 4 is 51.0 Å². The van der Waals surface area contributed by atoms with Crippen LogP contribution in [0.2, 0.25) is 0 Å². The maximum absolute atomic E-state index is 13.0. The van der Waals surface area contributed by atoms with Gasteiger partial charge in [-0.2, -0.15) is 0 Å². The third-order valence-corrected chi connectivity index (χ3v) is 9.87. The number of aromatic amines is 1. The monoisotopic (exact) mass is 479 g/mol. The van der Waals surface area contributed by atoms with Gasteiger partial charge in [-0.25, -0.2) is 0 Å². The molecule has 0 spiro atoms. The second-order valence-electron chi connectivity index (χ2n) is 7.90. The molecule has 2 saturated carbocycles. The second kappa shape index (κ2) is 5.73. The zero-order chi connectivity index (χ0) is 19.3. The molecule has 1 aromatic heterocycles. The van der Waals surface area contributed by atoms with Gasteiger partial charge in [0.1, 0.15) is 5.75 Å². The summed E-state index contributed by atoms with van der Waals surface area (Å²) in [6, 6.07) is 5.54. The third kappa shape index (κ3) is 2.12. The van der Waals surface area contributed by atoms with Gasteiger partial charge in [-0.05, 0) is 42.4 Å². The molecule has 2 aliphatic carbocycles. The highest BCUT2D eigenvalue weighted by Crippen LogP contribution is 2.68. The minimum Gasteiger partial charge on any atom is -0.481 e. The lowest BCUT2D eigenvalue weighted by Crippen LogP contribution is -2.49. The van der Waals surface area contributed by atoms with Crippen LogP contribution < -0.4 is 9.61 Å². The summed E-state index contributed by atoms with van der Waals surface area (Å²) in [6.45, 7) is 0. The van der Waals surface area contributed by atoms with Crippen molar-refractivity contribution in [3.05, 3.63) is 42.8 Å². The zero-order valence-corrected chi connectivity index (χ0v) is 17.5. The van der Waals surface area contributed by atoms with Gasteiger partial charge in [0, 0.05) is 26.1 Å². The number of carboxylic acid groups (broad SMARTS) is 1. The smallest absolute Gasteiger partial charge is 0.315 e. The standard InChI is InChI=1S/C19H14BrNO5S2/c20-5-1-2-9-6(3-5)10-11-7-4-8(12(17(22)23)13(7)18(24)26-9)14(11)27-16-15(10)28-19(25)21-16/h1-3,7-8,10-14H,4H2,(H,21,25)(H,22,23)/t7-,8+,10-,11-,12+,13-,14-/m0/s1. The summed E-state index contributed by atoms with van der Waals surface area (Å²) in [6.07, 6.45) is 0.720. The van der Waals surface area contributed by atoms with Gasteiger partial charge in [-0.15, -0.1) is 11.8 Å². The molecule has 9 heteroatoms. The summed E-state index contributed by atoms with van der Waals surface area (Å²) in [5.41, 5.74) is 0.896. The summed E-state index contributed by atoms with van der Waals surface area (Å²) in [4.78, 5) is 41.0. The van der Waals surface area contributed by atoms with Gasteiger partial charge in [0.15, 0.2) is 0 Å². The summed E-state index contributed by atoms with van der Waals surface area (Å²) in [7, 11) is 0. The topological polar surface area (TPSA) is 96.5 Å². The fourth-order valence-electron chi connectivity index (χ4n) is 5.97. The molecule has 7 atom stereocenters. The molecule has 2 fully saturated rings. The van der Waals surface area contributed by atoms with E-state index in [1.165, 1.54) is 11.3 Å². The van der Waals surface area contributed by atoms with Crippen molar-refractivity contribution in [2.24, 2.45) is 29.6 Å². The summed E-state index contributed by atoms with van der Waals surface area (Å²) >= 11 is 6.33. The molecule has 2 aromatic rings. The fraction of sp³-hybridized carbons (Fsp3) is 0.421. The van der Waals surface area contributed by atoms with Gasteiger partial charge in [0.25, 0.3) is 0 Å². The number of carbonyl (C=O) groups is 2. The molecule has 4 aliphatic rings. The molecule has 2 aliphatic heterocycles. The van der Waals surface area contributed by atoms with Crippen molar-refractivity contribution in [2.45, 2.75) is 22.6 Å². The van der Waals surface area contributed by atoms with E-state index in [4.69, 9.17) is 4.74 Å². The molecule has 0 radical (unpaired) electrons. The maximum atomic E-state index is 13.0. The van der Waals surface area contributed by atoms with Crippen molar-refractivity contribution in [2.75, 3.05) is 0 Å². The normalized spacial score (nSPS) is 36.9. The van der Waals surface area contributed by atoms with E-state index >= 15 is 0 Å². The highest BCUT2D eigenvalue weighted by atomic mass is 79.9. The molecule has 1 aromatic carbocycles. The van der Waals surface area contributed by atoms with Gasteiger partial charge >= 0.3 is 16.8 Å². The number of thioether (sulfide) groups is 1. The Balaban J connectivity index is 1.64. The number of carbonyl (C=O) groups excluding carboxylic acids is 1. The first-order valence-electron chi connectivity index (χ1n) is 9.07. The molecule has 2 N–H and O–H groups in total. The van der Waals surface area contributed by atoms with Crippen LogP contribution in [0.15, 0.2) is 32.5 Å². The molecule has 3 heterocycles. The number of H-pyrrole nitrogens is 1. The first kappa shape index (κ1) is 17.3. The van der Waals surface area contributed by atoms with Crippen LogP contribution in [0.1, 0.15) is 22.8 Å². The molecule has 6 rings (SSSR count). The Hall–Kier alpha value is -1.58. The number of thiazole rings is 1. The number of aliphatic carboxylic acids is 1. The molecular weight excluding hydrogens is 466 g/mol. The number of carboxylic acids is 1. The van der Waals surface area contributed by atoms with E-state index < -0.39 is 23.8 Å². The highest BCUT2D eigenvalue weighted by molar-refractivity contribution is 9.10. The lowest BCUT2D eigenvalue weighted by Gasteiger charge is -2.45. The van der Waals surface area contributed by atoms with Gasteiger partial charge in [-0.3, -0.25) is 14.4 Å². The Kier molecular flexibility index (Phi) is 3.54. The van der Waals surface area contributed by atoms with Crippen LogP contribution in [0.25, 0.3) is 0 Å². The van der Waals surface area contributed by atoms with Crippen LogP contribution in [-0.2, 0) is 9.59 Å². The Morgan fingerprint density at radius 1 is 1.29 bits per heavy atom. The van der Waals surface area contributed by atoms with Crippen LogP contribution in [0, 0.1) is 29.6 Å². The van der Waals surface area contributed by atoms with Crippen LogP contribution in [0.3, 0.4) is 0 Å². The number of fused-ring (bicyclic) bond motifs is 6. The molecule has 2 bridgehead atoms. The Morgan fingerprint density at radius 2 is 2.11 bits per heavy atom. The number of halogens is 1. The molecule has 0 amide bonds. The SMILES string of the molecule is O=C(O)[C@@H]1[C@H]2C[C@@H]3[C@@H]1C(=O)Oc1ccc(Br)cc1[C@@H]1c4sc(=O)[nH]c4S[C@@H]2[C@H]13. The first-order chi connectivity index (χ1) is 13.4. The van der Waals surface area contributed by atoms with E-state index in [9.17, 15) is 19.5 Å². The lowest BCUT2D eigenvalue weighted by molar-refractivity contribution is -0.156. The summed E-state index contributed by atoms with van der Waals surface area (Å²) < 4.78 is 6.63. The quantitative estimate of drug-likeness (QED) is 0.481. The predicted octanol–water partition coefficient (Wildman–Crippen LogP) is 3.31. The number of esters is 1.